The third-order valence-electron chi connectivity index (χ3n) is 2.65. The van der Waals surface area contributed by atoms with Crippen LogP contribution in [0.5, 0.6) is 0 Å². The van der Waals surface area contributed by atoms with Gasteiger partial charge in [0.15, 0.2) is 0 Å². The molecular weight excluding hydrogens is 146 g/mol. The molecular formula is C11H16N+. The minimum absolute atomic E-state index is 1.27. The van der Waals surface area contributed by atoms with Gasteiger partial charge in [-0.05, 0) is 12.5 Å². The van der Waals surface area contributed by atoms with Crippen LogP contribution < -0.4 is 4.90 Å². The van der Waals surface area contributed by atoms with Crippen molar-refractivity contribution in [2.45, 2.75) is 19.8 Å². The van der Waals surface area contributed by atoms with E-state index in [1.165, 1.54) is 25.9 Å². The van der Waals surface area contributed by atoms with Gasteiger partial charge in [-0.1, -0.05) is 25.1 Å². The first-order valence-electron chi connectivity index (χ1n) is 4.85. The van der Waals surface area contributed by atoms with Crippen LogP contribution in [0.25, 0.3) is 0 Å². The maximum Gasteiger partial charge on any atom is 0.134 e. The van der Waals surface area contributed by atoms with Crippen molar-refractivity contribution in [1.29, 1.82) is 0 Å². The number of nitrogens with one attached hydrogen (secondary N) is 1. The zero-order valence-corrected chi connectivity index (χ0v) is 7.64. The summed E-state index contributed by atoms with van der Waals surface area (Å²) in [5, 5.41) is 0. The summed E-state index contributed by atoms with van der Waals surface area (Å²) in [5.41, 5.74) is 3.10. The third-order valence-corrected chi connectivity index (χ3v) is 2.65. The molecule has 0 radical (unpaired) electrons. The molecule has 1 aliphatic rings. The highest BCUT2D eigenvalue weighted by molar-refractivity contribution is 5.41. The predicted octanol–water partition coefficient (Wildman–Crippen LogP) is 1.17. The van der Waals surface area contributed by atoms with Crippen molar-refractivity contribution in [1.82, 2.24) is 0 Å². The van der Waals surface area contributed by atoms with Gasteiger partial charge in [-0.25, -0.2) is 0 Å². The zero-order valence-electron chi connectivity index (χ0n) is 7.64. The lowest BCUT2D eigenvalue weighted by Gasteiger charge is -2.11. The molecule has 1 heteroatoms. The lowest BCUT2D eigenvalue weighted by atomic mass is 10.2. The van der Waals surface area contributed by atoms with E-state index in [1.54, 1.807) is 16.2 Å². The van der Waals surface area contributed by atoms with Gasteiger partial charge in [-0.3, -0.25) is 0 Å². The number of quaternary nitrogens is 1. The van der Waals surface area contributed by atoms with Crippen molar-refractivity contribution in [3.05, 3.63) is 29.8 Å². The Balaban J connectivity index is 2.24. The molecule has 0 spiro atoms. The Morgan fingerprint density at radius 2 is 2.17 bits per heavy atom. The quantitative estimate of drug-likeness (QED) is 0.666. The molecule has 1 aromatic carbocycles. The molecule has 1 aliphatic heterocycles. The van der Waals surface area contributed by atoms with E-state index < -0.39 is 0 Å². The fraction of sp³-hybridized carbons (Fsp3) is 0.455. The summed E-state index contributed by atoms with van der Waals surface area (Å²) in [6.07, 6.45) is 2.55. The Bertz CT molecular complexity index is 265. The summed E-state index contributed by atoms with van der Waals surface area (Å²) in [4.78, 5) is 1.67. The van der Waals surface area contributed by atoms with Gasteiger partial charge in [0.1, 0.15) is 5.69 Å². The van der Waals surface area contributed by atoms with Crippen molar-refractivity contribution in [2.24, 2.45) is 0 Å². The molecule has 1 heterocycles. The van der Waals surface area contributed by atoms with Gasteiger partial charge in [0.2, 0.25) is 0 Å². The monoisotopic (exact) mass is 162 g/mol. The summed E-state index contributed by atoms with van der Waals surface area (Å²) in [6.45, 7) is 4.85. The molecule has 0 aliphatic carbocycles. The lowest BCUT2D eigenvalue weighted by molar-refractivity contribution is -0.826. The minimum atomic E-state index is 1.27. The molecule has 1 aromatic rings. The van der Waals surface area contributed by atoms with Gasteiger partial charge >= 0.3 is 0 Å². The van der Waals surface area contributed by atoms with Crippen LogP contribution in [0.2, 0.25) is 0 Å². The van der Waals surface area contributed by atoms with Crippen LogP contribution in [0.4, 0.5) is 5.69 Å². The number of benzene rings is 1. The van der Waals surface area contributed by atoms with Crippen LogP contribution in [0.15, 0.2) is 24.3 Å². The first-order chi connectivity index (χ1) is 5.92. The van der Waals surface area contributed by atoms with E-state index in [2.05, 4.69) is 31.2 Å². The van der Waals surface area contributed by atoms with E-state index in [9.17, 15) is 0 Å². The van der Waals surface area contributed by atoms with Gasteiger partial charge in [-0.2, -0.15) is 0 Å². The summed E-state index contributed by atoms with van der Waals surface area (Å²) < 4.78 is 0. The molecule has 0 fully saturated rings. The zero-order chi connectivity index (χ0) is 8.39. The van der Waals surface area contributed by atoms with Crippen molar-refractivity contribution in [3.8, 4) is 0 Å². The molecule has 0 saturated heterocycles. The van der Waals surface area contributed by atoms with Gasteiger partial charge in [0.05, 0.1) is 13.1 Å². The summed E-state index contributed by atoms with van der Waals surface area (Å²) >= 11 is 0. The second-order valence-corrected chi connectivity index (χ2v) is 3.51. The van der Waals surface area contributed by atoms with E-state index in [4.69, 9.17) is 0 Å². The molecule has 0 saturated carbocycles. The Hall–Kier alpha value is -0.820. The number of fused-ring (bicyclic) bond motifs is 1. The van der Waals surface area contributed by atoms with Crippen molar-refractivity contribution in [2.75, 3.05) is 13.1 Å². The second-order valence-electron chi connectivity index (χ2n) is 3.51. The Morgan fingerprint density at radius 1 is 1.33 bits per heavy atom. The van der Waals surface area contributed by atoms with Crippen LogP contribution in [0.3, 0.4) is 0 Å². The molecule has 2 rings (SSSR count). The molecule has 1 atom stereocenters. The highest BCUT2D eigenvalue weighted by atomic mass is 15.1. The van der Waals surface area contributed by atoms with E-state index in [-0.39, 0.29) is 0 Å². The molecule has 1 N–H and O–H groups in total. The van der Waals surface area contributed by atoms with Gasteiger partial charge in [-0.15, -0.1) is 0 Å². The fourth-order valence-electron chi connectivity index (χ4n) is 2.06. The number of para-hydroxylation sites is 1. The average Bonchev–Trinajstić information content (AvgIpc) is 2.50. The van der Waals surface area contributed by atoms with Gasteiger partial charge in [0, 0.05) is 12.0 Å². The first kappa shape index (κ1) is 7.81. The second kappa shape index (κ2) is 3.28. The maximum absolute atomic E-state index is 2.27. The van der Waals surface area contributed by atoms with E-state index in [0.717, 1.165) is 0 Å². The molecule has 0 amide bonds. The van der Waals surface area contributed by atoms with Crippen LogP contribution in [0.1, 0.15) is 18.9 Å². The SMILES string of the molecule is CCC[NH+]1CCc2ccccc21. The summed E-state index contributed by atoms with van der Waals surface area (Å²) in [5.74, 6) is 0. The highest BCUT2D eigenvalue weighted by Gasteiger charge is 2.22. The van der Waals surface area contributed by atoms with Crippen molar-refractivity contribution < 1.29 is 4.90 Å². The van der Waals surface area contributed by atoms with Crippen LogP contribution >= 0.6 is 0 Å². The van der Waals surface area contributed by atoms with Crippen molar-refractivity contribution >= 4 is 5.69 Å². The lowest BCUT2D eigenvalue weighted by Crippen LogP contribution is -3.05. The Morgan fingerprint density at radius 3 is 3.00 bits per heavy atom. The molecule has 1 unspecified atom stereocenters. The standard InChI is InChI=1S/C11H15N/c1-2-8-12-9-7-10-5-3-4-6-11(10)12/h3-6H,2,7-9H2,1H3/p+1. The predicted molar refractivity (Wildman–Crippen MR) is 50.8 cm³/mol. The summed E-state index contributed by atoms with van der Waals surface area (Å²) in [7, 11) is 0. The Labute approximate surface area is 74.0 Å². The third kappa shape index (κ3) is 1.25. The van der Waals surface area contributed by atoms with Crippen LogP contribution in [-0.4, -0.2) is 13.1 Å². The normalized spacial score (nSPS) is 20.9. The molecule has 0 bridgehead atoms. The van der Waals surface area contributed by atoms with Crippen LogP contribution in [0, 0.1) is 0 Å². The molecule has 1 nitrogen and oxygen atoms in total. The van der Waals surface area contributed by atoms with E-state index in [1.807, 2.05) is 0 Å². The number of rotatable bonds is 2. The number of hydrogen-bond acceptors (Lipinski definition) is 0. The van der Waals surface area contributed by atoms with Gasteiger partial charge < -0.3 is 4.90 Å². The maximum atomic E-state index is 2.27. The molecule has 64 valence electrons. The van der Waals surface area contributed by atoms with Crippen LogP contribution in [-0.2, 0) is 6.42 Å². The van der Waals surface area contributed by atoms with Gasteiger partial charge in [0.25, 0.3) is 0 Å². The number of hydrogen-bond donors (Lipinski definition) is 1. The first-order valence-corrected chi connectivity index (χ1v) is 4.85. The largest absolute Gasteiger partial charge is 0.302 e. The smallest absolute Gasteiger partial charge is 0.134 e. The summed E-state index contributed by atoms with van der Waals surface area (Å²) in [6, 6.07) is 8.83. The van der Waals surface area contributed by atoms with E-state index in [0.29, 0.717) is 0 Å². The fourth-order valence-corrected chi connectivity index (χ4v) is 2.06. The topological polar surface area (TPSA) is 4.44 Å². The van der Waals surface area contributed by atoms with Crippen molar-refractivity contribution in [3.63, 3.8) is 0 Å². The molecule has 0 aromatic heterocycles. The molecule has 12 heavy (non-hydrogen) atoms. The van der Waals surface area contributed by atoms with E-state index >= 15 is 0 Å². The average molecular weight is 162 g/mol. The minimum Gasteiger partial charge on any atom is -0.302 e. The Kier molecular flexibility index (Phi) is 2.13. The highest BCUT2D eigenvalue weighted by Crippen LogP contribution is 2.14.